The third-order valence-electron chi connectivity index (χ3n) is 7.37. The zero-order chi connectivity index (χ0) is 18.4. The molecule has 0 N–H and O–H groups in total. The van der Waals surface area contributed by atoms with Gasteiger partial charge in [0.15, 0.2) is 0 Å². The number of benzene rings is 1. The highest BCUT2D eigenvalue weighted by atomic mass is 32.1. The van der Waals surface area contributed by atoms with Crippen LogP contribution in [0.4, 0.5) is 5.69 Å². The van der Waals surface area contributed by atoms with Crippen LogP contribution < -0.4 is 0 Å². The summed E-state index contributed by atoms with van der Waals surface area (Å²) in [5.74, 6) is 4.59. The highest BCUT2D eigenvalue weighted by molar-refractivity contribution is 7.78. The molecule has 1 nitrogen and oxygen atoms in total. The third-order valence-corrected chi connectivity index (χ3v) is 7.46. The standard InChI is InChI=1S/C24H35NS/c1-3-4-19-5-7-22(8-6-19)23-11-9-20(10-12-23)18(2)21-13-15-24(16-14-21)25-17-26/h13-16,18-20,22-23H,3-12H2,1-2H3/t18?,19-,20?,22-,23?. The van der Waals surface area contributed by atoms with Crippen molar-refractivity contribution in [1.82, 2.24) is 0 Å². The Labute approximate surface area is 165 Å². The number of nitrogens with zero attached hydrogens (tertiary/aromatic N) is 1. The third kappa shape index (κ3) is 5.05. The maximum Gasteiger partial charge on any atom is 0.0739 e. The zero-order valence-corrected chi connectivity index (χ0v) is 17.4. The van der Waals surface area contributed by atoms with E-state index in [0.717, 1.165) is 29.4 Å². The van der Waals surface area contributed by atoms with E-state index in [4.69, 9.17) is 0 Å². The van der Waals surface area contributed by atoms with Crippen molar-refractivity contribution < 1.29 is 0 Å². The van der Waals surface area contributed by atoms with Gasteiger partial charge in [-0.05, 0) is 98.0 Å². The average Bonchev–Trinajstić information content (AvgIpc) is 2.69. The molecule has 142 valence electrons. The fourth-order valence-corrected chi connectivity index (χ4v) is 5.76. The lowest BCUT2D eigenvalue weighted by Crippen LogP contribution is -2.27. The van der Waals surface area contributed by atoms with Crippen molar-refractivity contribution in [2.75, 3.05) is 0 Å². The summed E-state index contributed by atoms with van der Waals surface area (Å²) < 4.78 is 0. The second-order valence-electron chi connectivity index (χ2n) is 8.83. The first-order chi connectivity index (χ1) is 12.7. The summed E-state index contributed by atoms with van der Waals surface area (Å²) >= 11 is 4.69. The Morgan fingerprint density at radius 2 is 1.54 bits per heavy atom. The Kier molecular flexibility index (Phi) is 7.46. The van der Waals surface area contributed by atoms with E-state index in [0.29, 0.717) is 5.92 Å². The number of isothiocyanates is 1. The molecule has 1 aromatic carbocycles. The SMILES string of the molecule is CCC[C@H]1CC[C@H](C2CCC(C(C)c3ccc(N=C=S)cc3)CC2)CC1. The van der Waals surface area contributed by atoms with Crippen LogP contribution in [0.15, 0.2) is 29.3 Å². The Bertz CT molecular complexity index is 585. The first-order valence-corrected chi connectivity index (χ1v) is 11.3. The number of hydrogen-bond donors (Lipinski definition) is 0. The molecule has 0 amide bonds. The molecule has 0 aliphatic heterocycles. The van der Waals surface area contributed by atoms with Crippen LogP contribution in [-0.4, -0.2) is 5.16 Å². The molecule has 2 aliphatic rings. The van der Waals surface area contributed by atoms with Crippen LogP contribution in [-0.2, 0) is 0 Å². The summed E-state index contributed by atoms with van der Waals surface area (Å²) in [7, 11) is 0. The van der Waals surface area contributed by atoms with Crippen LogP contribution in [0.5, 0.6) is 0 Å². The minimum Gasteiger partial charge on any atom is -0.195 e. The lowest BCUT2D eigenvalue weighted by Gasteiger charge is -2.39. The molecule has 0 bridgehead atoms. The minimum atomic E-state index is 0.654. The maximum atomic E-state index is 4.69. The smallest absolute Gasteiger partial charge is 0.0739 e. The number of hydrogen-bond acceptors (Lipinski definition) is 2. The van der Waals surface area contributed by atoms with Crippen molar-refractivity contribution in [2.45, 2.75) is 84.0 Å². The summed E-state index contributed by atoms with van der Waals surface area (Å²) in [6.45, 7) is 4.76. The summed E-state index contributed by atoms with van der Waals surface area (Å²) in [6.07, 6.45) is 14.6. The normalized spacial score (nSPS) is 30.4. The van der Waals surface area contributed by atoms with E-state index < -0.39 is 0 Å². The number of aliphatic imine (C=N–C) groups is 1. The van der Waals surface area contributed by atoms with Gasteiger partial charge in [-0.2, -0.15) is 4.99 Å². The van der Waals surface area contributed by atoms with Crippen LogP contribution in [0.2, 0.25) is 0 Å². The summed E-state index contributed by atoms with van der Waals surface area (Å²) in [6, 6.07) is 8.62. The van der Waals surface area contributed by atoms with E-state index in [1.807, 2.05) is 0 Å². The van der Waals surface area contributed by atoms with Crippen molar-refractivity contribution in [1.29, 1.82) is 0 Å². The van der Waals surface area contributed by atoms with Crippen molar-refractivity contribution in [3.05, 3.63) is 29.8 Å². The van der Waals surface area contributed by atoms with Crippen molar-refractivity contribution in [3.8, 4) is 0 Å². The highest BCUT2D eigenvalue weighted by Gasteiger charge is 2.32. The zero-order valence-electron chi connectivity index (χ0n) is 16.6. The molecule has 0 saturated heterocycles. The fraction of sp³-hybridized carbons (Fsp3) is 0.708. The van der Waals surface area contributed by atoms with Crippen LogP contribution in [0, 0.1) is 23.7 Å². The molecule has 0 radical (unpaired) electrons. The van der Waals surface area contributed by atoms with E-state index in [-0.39, 0.29) is 0 Å². The Morgan fingerprint density at radius 3 is 2.08 bits per heavy atom. The van der Waals surface area contributed by atoms with E-state index >= 15 is 0 Å². The lowest BCUT2D eigenvalue weighted by molar-refractivity contribution is 0.137. The van der Waals surface area contributed by atoms with Gasteiger partial charge in [0, 0.05) is 0 Å². The highest BCUT2D eigenvalue weighted by Crippen LogP contribution is 2.45. The molecule has 1 atom stereocenters. The summed E-state index contributed by atoms with van der Waals surface area (Å²) in [5, 5.41) is 2.45. The molecule has 0 heterocycles. The molecule has 3 rings (SSSR count). The topological polar surface area (TPSA) is 12.4 Å². The Hall–Kier alpha value is -0.980. The van der Waals surface area contributed by atoms with Gasteiger partial charge in [-0.1, -0.05) is 51.7 Å². The van der Waals surface area contributed by atoms with Crippen LogP contribution in [0.25, 0.3) is 0 Å². The fourth-order valence-electron chi connectivity index (χ4n) is 5.65. The molecule has 2 saturated carbocycles. The molecule has 0 spiro atoms. The molecule has 1 aromatic rings. The van der Waals surface area contributed by atoms with Crippen molar-refractivity contribution in [3.63, 3.8) is 0 Å². The predicted molar refractivity (Wildman–Crippen MR) is 115 cm³/mol. The van der Waals surface area contributed by atoms with Crippen molar-refractivity contribution >= 4 is 23.1 Å². The maximum absolute atomic E-state index is 4.69. The predicted octanol–water partition coefficient (Wildman–Crippen LogP) is 7.94. The van der Waals surface area contributed by atoms with Crippen LogP contribution in [0.3, 0.4) is 0 Å². The molecule has 0 aromatic heterocycles. The van der Waals surface area contributed by atoms with Gasteiger partial charge >= 0.3 is 0 Å². The van der Waals surface area contributed by atoms with Gasteiger partial charge in [0.1, 0.15) is 0 Å². The van der Waals surface area contributed by atoms with Gasteiger partial charge in [-0.15, -0.1) is 0 Å². The average molecular weight is 370 g/mol. The molecular weight excluding hydrogens is 334 g/mol. The van der Waals surface area contributed by atoms with E-state index in [1.165, 1.54) is 69.8 Å². The van der Waals surface area contributed by atoms with Gasteiger partial charge in [-0.3, -0.25) is 0 Å². The van der Waals surface area contributed by atoms with Crippen molar-refractivity contribution in [2.24, 2.45) is 28.7 Å². The van der Waals surface area contributed by atoms with E-state index in [2.05, 4.69) is 60.5 Å². The molecule has 2 aliphatic carbocycles. The number of rotatable bonds is 6. The largest absolute Gasteiger partial charge is 0.195 e. The quantitative estimate of drug-likeness (QED) is 0.366. The van der Waals surface area contributed by atoms with Gasteiger partial charge in [0.2, 0.25) is 0 Å². The van der Waals surface area contributed by atoms with Crippen LogP contribution in [0.1, 0.15) is 89.5 Å². The lowest BCUT2D eigenvalue weighted by atomic mass is 9.66. The second kappa shape index (κ2) is 9.81. The van der Waals surface area contributed by atoms with Gasteiger partial charge in [0.05, 0.1) is 10.8 Å². The summed E-state index contributed by atoms with van der Waals surface area (Å²) in [4.78, 5) is 4.06. The van der Waals surface area contributed by atoms with E-state index in [9.17, 15) is 0 Å². The molecule has 2 fully saturated rings. The van der Waals surface area contributed by atoms with Gasteiger partial charge in [-0.25, -0.2) is 0 Å². The van der Waals surface area contributed by atoms with Gasteiger partial charge in [0.25, 0.3) is 0 Å². The molecular formula is C24H35NS. The molecule has 2 heteroatoms. The minimum absolute atomic E-state index is 0.654. The van der Waals surface area contributed by atoms with E-state index in [1.54, 1.807) is 0 Å². The monoisotopic (exact) mass is 369 g/mol. The first kappa shape index (κ1) is 19.8. The number of thiocarbonyl (C=S) groups is 1. The summed E-state index contributed by atoms with van der Waals surface area (Å²) in [5.41, 5.74) is 2.37. The van der Waals surface area contributed by atoms with Gasteiger partial charge < -0.3 is 0 Å². The Balaban J connectivity index is 1.48. The molecule has 1 unspecified atom stereocenters. The van der Waals surface area contributed by atoms with Crippen LogP contribution >= 0.6 is 12.2 Å². The Morgan fingerprint density at radius 1 is 0.962 bits per heavy atom. The molecule has 26 heavy (non-hydrogen) atoms. The first-order valence-electron chi connectivity index (χ1n) is 10.9. The second-order valence-corrected chi connectivity index (χ2v) is 9.01.